The highest BCUT2D eigenvalue weighted by molar-refractivity contribution is 6.26. The van der Waals surface area contributed by atoms with Crippen LogP contribution in [0.5, 0.6) is 0 Å². The van der Waals surface area contributed by atoms with E-state index >= 15 is 0 Å². The molecule has 0 saturated carbocycles. The summed E-state index contributed by atoms with van der Waals surface area (Å²) >= 11 is -1.13. The summed E-state index contributed by atoms with van der Waals surface area (Å²) in [5, 5.41) is 0.847. The largest absolute Gasteiger partial charge is 0.494 e. The zero-order valence-corrected chi connectivity index (χ0v) is 5.78. The molecule has 0 N–H and O–H groups in total. The van der Waals surface area contributed by atoms with Crippen LogP contribution in [-0.2, 0) is 0 Å². The van der Waals surface area contributed by atoms with Crippen molar-refractivity contribution in [2.45, 2.75) is 19.1 Å². The first-order chi connectivity index (χ1) is 2.77. The lowest BCUT2D eigenvalue weighted by Crippen LogP contribution is -1.87. The minimum atomic E-state index is -1.13. The standard InChI is InChI=1S/C4H9.Al.FH.H/c1-4(2)3;;;/h4H,1H2,2-3H3;;1H;/q;+1;;/p-1. The Balaban J connectivity index is 2.63. The third-order valence-electron chi connectivity index (χ3n) is 0.686. The van der Waals surface area contributed by atoms with E-state index in [1.54, 1.807) is 0 Å². The second-order valence-electron chi connectivity index (χ2n) is 1.87. The van der Waals surface area contributed by atoms with Crippen LogP contribution in [0.4, 0.5) is 3.52 Å². The van der Waals surface area contributed by atoms with Crippen molar-refractivity contribution in [3.63, 3.8) is 0 Å². The second-order valence-corrected chi connectivity index (χ2v) is 2.83. The zero-order chi connectivity index (χ0) is 4.99. The van der Waals surface area contributed by atoms with Gasteiger partial charge in [0.15, 0.2) is 0 Å². The maximum Gasteiger partial charge on any atom is 0.494 e. The third kappa shape index (κ3) is 4.46. The highest BCUT2D eigenvalue weighted by Gasteiger charge is 1.94. The van der Waals surface area contributed by atoms with Crippen LogP contribution in [-0.4, -0.2) is 15.7 Å². The summed E-state index contributed by atoms with van der Waals surface area (Å²) in [5.41, 5.74) is 0. The smallest absolute Gasteiger partial charge is 0.424 e. The second kappa shape index (κ2) is 3.65. The molecule has 0 spiro atoms. The van der Waals surface area contributed by atoms with E-state index in [2.05, 4.69) is 0 Å². The van der Waals surface area contributed by atoms with Crippen LogP contribution < -0.4 is 0 Å². The lowest BCUT2D eigenvalue weighted by molar-refractivity contribution is 0.702. The van der Waals surface area contributed by atoms with Gasteiger partial charge in [-0.1, -0.05) is 25.0 Å². The molecular weight excluding hydrogens is 94.0 g/mol. The van der Waals surface area contributed by atoms with Crippen molar-refractivity contribution in [2.24, 2.45) is 5.92 Å². The quantitative estimate of drug-likeness (QED) is 0.464. The Morgan fingerprint density at radius 1 is 1.67 bits per heavy atom. The monoisotopic (exact) mass is 104 g/mol. The number of rotatable bonds is 2. The Labute approximate surface area is 44.9 Å². The molecule has 0 saturated heterocycles. The maximum atomic E-state index is 11.4. The number of halogens is 1. The summed E-state index contributed by atoms with van der Waals surface area (Å²) in [5.74, 6) is 0.585. The molecule has 0 atom stereocenters. The summed E-state index contributed by atoms with van der Waals surface area (Å²) < 4.78 is 11.4. The summed E-state index contributed by atoms with van der Waals surface area (Å²) in [6.07, 6.45) is 0. The molecule has 6 heavy (non-hydrogen) atoms. The van der Waals surface area contributed by atoms with Gasteiger partial charge in [-0.2, -0.15) is 0 Å². The fourth-order valence-corrected chi connectivity index (χ4v) is 0.655. The van der Waals surface area contributed by atoms with Gasteiger partial charge in [0.25, 0.3) is 0 Å². The lowest BCUT2D eigenvalue weighted by atomic mass is 10.3. The van der Waals surface area contributed by atoms with Gasteiger partial charge in [0.2, 0.25) is 0 Å². The fraction of sp³-hybridized carbons (Fsp3) is 1.00. The molecule has 36 valence electrons. The van der Waals surface area contributed by atoms with E-state index in [-0.39, 0.29) is 0 Å². The van der Waals surface area contributed by atoms with E-state index < -0.39 is 15.7 Å². The Morgan fingerprint density at radius 2 is 2.17 bits per heavy atom. The van der Waals surface area contributed by atoms with Gasteiger partial charge in [-0.15, -0.1) is 0 Å². The van der Waals surface area contributed by atoms with Crippen molar-refractivity contribution in [3.8, 4) is 0 Å². The molecule has 0 nitrogen and oxygen atoms in total. The van der Waals surface area contributed by atoms with Crippen LogP contribution in [0.15, 0.2) is 0 Å². The van der Waals surface area contributed by atoms with E-state index in [9.17, 15) is 3.52 Å². The van der Waals surface area contributed by atoms with Crippen molar-refractivity contribution in [1.29, 1.82) is 0 Å². The average Bonchev–Trinajstić information content (AvgIpc) is 1.35. The molecule has 0 radical (unpaired) electrons. The highest BCUT2D eigenvalue weighted by atomic mass is 27.2. The van der Waals surface area contributed by atoms with E-state index in [0.29, 0.717) is 5.92 Å². The van der Waals surface area contributed by atoms with Gasteiger partial charge < -0.3 is 3.52 Å². The number of hydrogen-bond acceptors (Lipinski definition) is 0. The zero-order valence-electron chi connectivity index (χ0n) is 4.37. The molecule has 0 rings (SSSR count). The van der Waals surface area contributed by atoms with Gasteiger partial charge in [-0.05, 0) is 0 Å². The van der Waals surface area contributed by atoms with Crippen molar-refractivity contribution < 1.29 is 3.52 Å². The molecule has 0 aromatic heterocycles. The Morgan fingerprint density at radius 3 is 2.17 bits per heavy atom. The van der Waals surface area contributed by atoms with Crippen LogP contribution in [0, 0.1) is 5.92 Å². The van der Waals surface area contributed by atoms with Crippen LogP contribution in [0.3, 0.4) is 0 Å². The highest BCUT2D eigenvalue weighted by Crippen LogP contribution is 1.97. The van der Waals surface area contributed by atoms with Gasteiger partial charge in [0.1, 0.15) is 0 Å². The number of hydrogen-bond donors (Lipinski definition) is 0. The molecule has 0 fully saturated rings. The Kier molecular flexibility index (Phi) is 3.93. The van der Waals surface area contributed by atoms with Crippen LogP contribution in [0.2, 0.25) is 5.28 Å². The van der Waals surface area contributed by atoms with Crippen molar-refractivity contribution in [2.75, 3.05) is 0 Å². The Bertz CT molecular complexity index is 28.7. The Hall–Kier alpha value is 0.462. The minimum Gasteiger partial charge on any atom is -0.424 e. The SMILES string of the molecule is CC(C)[CH2][AlH][F]. The molecule has 0 amide bonds. The molecule has 0 aromatic carbocycles. The van der Waals surface area contributed by atoms with Crippen LogP contribution in [0.25, 0.3) is 0 Å². The average molecular weight is 104 g/mol. The molecule has 0 aliphatic heterocycles. The molecule has 0 aliphatic rings. The predicted molar refractivity (Wildman–Crippen MR) is 27.9 cm³/mol. The van der Waals surface area contributed by atoms with Gasteiger partial charge >= 0.3 is 15.7 Å². The van der Waals surface area contributed by atoms with Gasteiger partial charge in [-0.25, -0.2) is 0 Å². The lowest BCUT2D eigenvalue weighted by Gasteiger charge is -1.92. The predicted octanol–water partition coefficient (Wildman–Crippen LogP) is 1.38. The van der Waals surface area contributed by atoms with Crippen molar-refractivity contribution >= 4 is 15.7 Å². The first-order valence-corrected chi connectivity index (χ1v) is 3.86. The first kappa shape index (κ1) is 6.46. The van der Waals surface area contributed by atoms with E-state index in [1.807, 2.05) is 13.8 Å². The van der Waals surface area contributed by atoms with Crippen LogP contribution >= 0.6 is 0 Å². The van der Waals surface area contributed by atoms with E-state index in [0.717, 1.165) is 5.28 Å². The molecular formula is C4H10AlF. The van der Waals surface area contributed by atoms with E-state index in [1.165, 1.54) is 0 Å². The normalized spacial score (nSPS) is 9.33. The molecule has 0 heterocycles. The minimum absolute atomic E-state index is 0.585. The topological polar surface area (TPSA) is 0 Å². The fourth-order valence-electron chi connectivity index (χ4n) is 0.218. The van der Waals surface area contributed by atoms with Crippen LogP contribution in [0.1, 0.15) is 13.8 Å². The summed E-state index contributed by atoms with van der Waals surface area (Å²) in [6.45, 7) is 4.10. The van der Waals surface area contributed by atoms with Crippen molar-refractivity contribution in [1.82, 2.24) is 0 Å². The summed E-state index contributed by atoms with van der Waals surface area (Å²) in [4.78, 5) is 0. The molecule has 0 aromatic rings. The maximum absolute atomic E-state index is 11.4. The molecule has 2 heteroatoms. The molecule has 0 bridgehead atoms. The summed E-state index contributed by atoms with van der Waals surface area (Å²) in [6, 6.07) is 0. The van der Waals surface area contributed by atoms with Gasteiger partial charge in [-0.3, -0.25) is 0 Å². The molecule has 0 aliphatic carbocycles. The summed E-state index contributed by atoms with van der Waals surface area (Å²) in [7, 11) is 0. The third-order valence-corrected chi connectivity index (χ3v) is 2.06. The van der Waals surface area contributed by atoms with Gasteiger partial charge in [0.05, 0.1) is 0 Å². The van der Waals surface area contributed by atoms with Gasteiger partial charge in [0, 0.05) is 0 Å². The van der Waals surface area contributed by atoms with E-state index in [4.69, 9.17) is 0 Å². The molecule has 0 unspecified atom stereocenters. The first-order valence-electron chi connectivity index (χ1n) is 2.33. The van der Waals surface area contributed by atoms with Crippen molar-refractivity contribution in [3.05, 3.63) is 0 Å².